The van der Waals surface area contributed by atoms with Crippen molar-refractivity contribution in [1.82, 2.24) is 15.0 Å². The number of hydrogen-bond acceptors (Lipinski definition) is 7. The van der Waals surface area contributed by atoms with Crippen molar-refractivity contribution in [1.29, 1.82) is 0 Å². The second kappa shape index (κ2) is 7.93. The normalized spacial score (nSPS) is 20.2. The zero-order valence-corrected chi connectivity index (χ0v) is 16.6. The van der Waals surface area contributed by atoms with Gasteiger partial charge in [-0.25, -0.2) is 4.98 Å². The van der Waals surface area contributed by atoms with E-state index in [2.05, 4.69) is 34.9 Å². The van der Waals surface area contributed by atoms with Crippen LogP contribution in [0.1, 0.15) is 6.92 Å². The zero-order chi connectivity index (χ0) is 19.6. The summed E-state index contributed by atoms with van der Waals surface area (Å²) in [5, 5.41) is 0.983. The molecule has 0 radical (unpaired) electrons. The summed E-state index contributed by atoms with van der Waals surface area (Å²) in [6, 6.07) is 12.5. The maximum absolute atomic E-state index is 5.61. The maximum Gasteiger partial charge on any atom is 0.228 e. The molecule has 0 unspecified atom stereocenters. The topological polar surface area (TPSA) is 63.6 Å². The third-order valence-corrected chi connectivity index (χ3v) is 5.55. The number of hydrogen-bond donors (Lipinski definition) is 0. The number of benzene rings is 1. The molecule has 1 atom stereocenters. The number of ether oxygens (including phenoxy) is 2. The molecule has 2 aliphatic rings. The third-order valence-electron chi connectivity index (χ3n) is 5.55. The van der Waals surface area contributed by atoms with Crippen LogP contribution in [0.15, 0.2) is 42.6 Å². The number of pyridine rings is 1. The number of nitrogens with zero attached hydrogens (tertiary/aromatic N) is 5. The van der Waals surface area contributed by atoms with Gasteiger partial charge in [0.1, 0.15) is 5.82 Å². The van der Waals surface area contributed by atoms with Gasteiger partial charge in [-0.05, 0) is 13.0 Å². The van der Waals surface area contributed by atoms with E-state index in [0.29, 0.717) is 26.4 Å². The predicted molar refractivity (Wildman–Crippen MR) is 113 cm³/mol. The third kappa shape index (κ3) is 3.63. The van der Waals surface area contributed by atoms with Gasteiger partial charge in [0.25, 0.3) is 0 Å². The smallest absolute Gasteiger partial charge is 0.228 e. The highest BCUT2D eigenvalue weighted by molar-refractivity contribution is 5.92. The molecule has 150 valence electrons. The molecule has 7 nitrogen and oxygen atoms in total. The average molecular weight is 391 g/mol. The van der Waals surface area contributed by atoms with Crippen LogP contribution >= 0.6 is 0 Å². The van der Waals surface area contributed by atoms with Crippen LogP contribution in [0.3, 0.4) is 0 Å². The Morgan fingerprint density at radius 3 is 2.55 bits per heavy atom. The summed E-state index contributed by atoms with van der Waals surface area (Å²) in [6.45, 7) is 7.42. The summed E-state index contributed by atoms with van der Waals surface area (Å²) >= 11 is 0. The van der Waals surface area contributed by atoms with Crippen LogP contribution < -0.4 is 9.80 Å². The first-order chi connectivity index (χ1) is 14.3. The lowest BCUT2D eigenvalue weighted by molar-refractivity contribution is 0.0981. The van der Waals surface area contributed by atoms with E-state index in [-0.39, 0.29) is 6.04 Å². The lowest BCUT2D eigenvalue weighted by atomic mass is 10.1. The number of morpholine rings is 2. The summed E-state index contributed by atoms with van der Waals surface area (Å²) < 4.78 is 11.2. The van der Waals surface area contributed by atoms with E-state index in [1.807, 2.05) is 24.4 Å². The summed E-state index contributed by atoms with van der Waals surface area (Å²) in [4.78, 5) is 19.2. The molecule has 2 fully saturated rings. The predicted octanol–water partition coefficient (Wildman–Crippen LogP) is 2.75. The molecule has 0 spiro atoms. The molecule has 0 amide bonds. The van der Waals surface area contributed by atoms with Crippen molar-refractivity contribution in [2.24, 2.45) is 0 Å². The van der Waals surface area contributed by atoms with Gasteiger partial charge in [0, 0.05) is 31.4 Å². The fraction of sp³-hybridized carbons (Fsp3) is 0.409. The van der Waals surface area contributed by atoms with Gasteiger partial charge < -0.3 is 19.3 Å². The lowest BCUT2D eigenvalue weighted by Crippen LogP contribution is -2.45. The summed E-state index contributed by atoms with van der Waals surface area (Å²) in [7, 11) is 0. The maximum atomic E-state index is 5.61. The molecule has 0 bridgehead atoms. The second-order valence-corrected chi connectivity index (χ2v) is 7.52. The SMILES string of the molecule is C[C@H]1COCCN1c1nc(N2CCOCC2)c2cnc(-c3ccccc3)cc2n1. The Kier molecular flexibility index (Phi) is 4.99. The van der Waals surface area contributed by atoms with Gasteiger partial charge in [0.05, 0.1) is 49.1 Å². The quantitative estimate of drug-likeness (QED) is 0.680. The highest BCUT2D eigenvalue weighted by Gasteiger charge is 2.25. The van der Waals surface area contributed by atoms with Gasteiger partial charge in [0.2, 0.25) is 5.95 Å². The number of rotatable bonds is 3. The van der Waals surface area contributed by atoms with Gasteiger partial charge in [-0.2, -0.15) is 4.98 Å². The molecule has 5 rings (SSSR count). The monoisotopic (exact) mass is 391 g/mol. The summed E-state index contributed by atoms with van der Waals surface area (Å²) in [5.41, 5.74) is 2.93. The first-order valence-corrected chi connectivity index (χ1v) is 10.2. The van der Waals surface area contributed by atoms with Gasteiger partial charge in [-0.1, -0.05) is 30.3 Å². The van der Waals surface area contributed by atoms with Crippen molar-refractivity contribution in [2.75, 3.05) is 55.9 Å². The van der Waals surface area contributed by atoms with Crippen molar-refractivity contribution in [3.8, 4) is 11.3 Å². The van der Waals surface area contributed by atoms with Gasteiger partial charge in [-0.15, -0.1) is 0 Å². The van der Waals surface area contributed by atoms with E-state index >= 15 is 0 Å². The molecule has 7 heteroatoms. The Morgan fingerprint density at radius 2 is 1.76 bits per heavy atom. The standard InChI is InChI=1S/C22H25N5O2/c1-16-15-29-12-9-27(16)22-24-20-13-19(17-5-3-2-4-6-17)23-14-18(20)21(25-22)26-7-10-28-11-8-26/h2-6,13-14,16H,7-12,15H2,1H3/t16-/m0/s1. The van der Waals surface area contributed by atoms with Crippen LogP contribution in [0.25, 0.3) is 22.2 Å². The zero-order valence-electron chi connectivity index (χ0n) is 16.6. The Labute approximate surface area is 170 Å². The Hall–Kier alpha value is -2.77. The Bertz CT molecular complexity index is 991. The van der Waals surface area contributed by atoms with Crippen LogP contribution in [0.2, 0.25) is 0 Å². The van der Waals surface area contributed by atoms with Crippen molar-refractivity contribution in [3.63, 3.8) is 0 Å². The van der Waals surface area contributed by atoms with Crippen molar-refractivity contribution >= 4 is 22.7 Å². The molecule has 3 aromatic rings. The van der Waals surface area contributed by atoms with Gasteiger partial charge in [-0.3, -0.25) is 4.98 Å². The van der Waals surface area contributed by atoms with E-state index < -0.39 is 0 Å². The first-order valence-electron chi connectivity index (χ1n) is 10.2. The molecule has 0 saturated carbocycles. The van der Waals surface area contributed by atoms with E-state index in [9.17, 15) is 0 Å². The Balaban J connectivity index is 1.64. The van der Waals surface area contributed by atoms with Crippen LogP contribution in [0.5, 0.6) is 0 Å². The number of fused-ring (bicyclic) bond motifs is 1. The highest BCUT2D eigenvalue weighted by atomic mass is 16.5. The minimum Gasteiger partial charge on any atom is -0.378 e. The molecule has 2 aromatic heterocycles. The molecule has 29 heavy (non-hydrogen) atoms. The lowest BCUT2D eigenvalue weighted by Gasteiger charge is -2.35. The Morgan fingerprint density at radius 1 is 0.966 bits per heavy atom. The molecule has 0 N–H and O–H groups in total. The minimum absolute atomic E-state index is 0.245. The van der Waals surface area contributed by atoms with Crippen molar-refractivity contribution in [3.05, 3.63) is 42.6 Å². The summed E-state index contributed by atoms with van der Waals surface area (Å²) in [6.07, 6.45) is 1.91. The van der Waals surface area contributed by atoms with Crippen molar-refractivity contribution in [2.45, 2.75) is 13.0 Å². The molecule has 2 saturated heterocycles. The van der Waals surface area contributed by atoms with Crippen LogP contribution in [0, 0.1) is 0 Å². The number of aromatic nitrogens is 3. The second-order valence-electron chi connectivity index (χ2n) is 7.52. The van der Waals surface area contributed by atoms with E-state index in [1.165, 1.54) is 0 Å². The highest BCUT2D eigenvalue weighted by Crippen LogP contribution is 2.30. The first kappa shape index (κ1) is 18.3. The van der Waals surface area contributed by atoms with Gasteiger partial charge >= 0.3 is 0 Å². The molecule has 4 heterocycles. The van der Waals surface area contributed by atoms with Crippen LogP contribution in [-0.2, 0) is 9.47 Å². The summed E-state index contributed by atoms with van der Waals surface area (Å²) in [5.74, 6) is 1.71. The molecule has 0 aliphatic carbocycles. The van der Waals surface area contributed by atoms with E-state index in [0.717, 1.165) is 53.6 Å². The fourth-order valence-electron chi connectivity index (χ4n) is 3.93. The average Bonchev–Trinajstić information content (AvgIpc) is 2.79. The molecule has 2 aliphatic heterocycles. The van der Waals surface area contributed by atoms with Crippen molar-refractivity contribution < 1.29 is 9.47 Å². The fourth-order valence-corrected chi connectivity index (χ4v) is 3.93. The molecular formula is C22H25N5O2. The largest absolute Gasteiger partial charge is 0.378 e. The van der Waals surface area contributed by atoms with E-state index in [1.54, 1.807) is 0 Å². The number of anilines is 2. The van der Waals surface area contributed by atoms with Crippen LogP contribution in [0.4, 0.5) is 11.8 Å². The van der Waals surface area contributed by atoms with Crippen LogP contribution in [-0.4, -0.2) is 67.1 Å². The van der Waals surface area contributed by atoms with Gasteiger partial charge in [0.15, 0.2) is 0 Å². The molecule has 1 aromatic carbocycles. The minimum atomic E-state index is 0.245. The van der Waals surface area contributed by atoms with E-state index in [4.69, 9.17) is 24.4 Å². The molecular weight excluding hydrogens is 366 g/mol.